The van der Waals surface area contributed by atoms with Crippen LogP contribution in [0.15, 0.2) is 0 Å². The van der Waals surface area contributed by atoms with E-state index in [-0.39, 0.29) is 19.4 Å². The van der Waals surface area contributed by atoms with Gasteiger partial charge < -0.3 is 14.2 Å². The molecule has 1 rings (SSSR count). The van der Waals surface area contributed by atoms with Crippen LogP contribution in [-0.4, -0.2) is 53.3 Å². The Labute approximate surface area is 146 Å². The van der Waals surface area contributed by atoms with E-state index in [1.165, 1.54) is 0 Å². The molecule has 0 heterocycles. The number of Topliss-reactive ketones (excluding diaryl/α,β-unsaturated/α-hetero) is 1. The fraction of sp³-hybridized carbons (Fsp3) is 0.750. The lowest BCUT2D eigenvalue weighted by atomic mass is 9.96. The number of amides is 2. The van der Waals surface area contributed by atoms with Crippen LogP contribution < -0.4 is 5.43 Å². The van der Waals surface area contributed by atoms with Crippen molar-refractivity contribution in [1.82, 2.24) is 10.4 Å². The Morgan fingerprint density at radius 2 is 1.76 bits per heavy atom. The van der Waals surface area contributed by atoms with Crippen LogP contribution >= 0.6 is 0 Å². The molecule has 0 saturated heterocycles. The summed E-state index contributed by atoms with van der Waals surface area (Å²) in [5, 5.41) is 0.616. The largest absolute Gasteiger partial charge is 0.464 e. The quantitative estimate of drug-likeness (QED) is 0.346. The summed E-state index contributed by atoms with van der Waals surface area (Å²) in [6, 6.07) is 0. The minimum absolute atomic E-state index is 0.0252. The fourth-order valence-corrected chi connectivity index (χ4v) is 2.53. The van der Waals surface area contributed by atoms with Crippen LogP contribution in [0.5, 0.6) is 0 Å². The van der Waals surface area contributed by atoms with Crippen molar-refractivity contribution in [2.75, 3.05) is 6.61 Å². The van der Waals surface area contributed by atoms with E-state index in [1.807, 2.05) is 0 Å². The molecule has 1 saturated carbocycles. The van der Waals surface area contributed by atoms with Crippen LogP contribution in [0.3, 0.4) is 0 Å². The molecule has 0 bridgehead atoms. The Balaban J connectivity index is 3.24. The summed E-state index contributed by atoms with van der Waals surface area (Å²) in [6.07, 6.45) is -2.48. The SMILES string of the molecule is CCOC(=O)C1(N(NC(=O)OC(C)C)C(=O)OC(C)C)CCCC1=O. The maximum absolute atomic E-state index is 12.5. The van der Waals surface area contributed by atoms with Gasteiger partial charge in [0.2, 0.25) is 5.54 Å². The molecule has 0 aromatic heterocycles. The molecule has 1 atom stereocenters. The van der Waals surface area contributed by atoms with Crippen molar-refractivity contribution in [2.24, 2.45) is 0 Å². The minimum atomic E-state index is -1.95. The molecule has 0 spiro atoms. The highest BCUT2D eigenvalue weighted by Gasteiger charge is 2.58. The number of ketones is 1. The summed E-state index contributed by atoms with van der Waals surface area (Å²) in [5.41, 5.74) is 0.236. The van der Waals surface area contributed by atoms with Gasteiger partial charge in [0, 0.05) is 6.42 Å². The Bertz CT molecular complexity index is 533. The highest BCUT2D eigenvalue weighted by Crippen LogP contribution is 2.33. The first kappa shape index (κ1) is 20.7. The van der Waals surface area contributed by atoms with Gasteiger partial charge >= 0.3 is 18.2 Å². The van der Waals surface area contributed by atoms with Crippen molar-refractivity contribution < 1.29 is 33.4 Å². The number of hydrogen-bond donors (Lipinski definition) is 1. The normalized spacial score (nSPS) is 19.7. The molecule has 142 valence electrons. The highest BCUT2D eigenvalue weighted by atomic mass is 16.6. The molecule has 1 unspecified atom stereocenters. The average molecular weight is 358 g/mol. The third-order valence-electron chi connectivity index (χ3n) is 3.46. The topological polar surface area (TPSA) is 111 Å². The van der Waals surface area contributed by atoms with Gasteiger partial charge in [0.05, 0.1) is 18.8 Å². The van der Waals surface area contributed by atoms with E-state index < -0.39 is 41.7 Å². The van der Waals surface area contributed by atoms with Gasteiger partial charge in [-0.25, -0.2) is 19.8 Å². The van der Waals surface area contributed by atoms with Crippen molar-refractivity contribution in [3.05, 3.63) is 0 Å². The van der Waals surface area contributed by atoms with Gasteiger partial charge in [-0.15, -0.1) is 0 Å². The summed E-state index contributed by atoms with van der Waals surface area (Å²) in [4.78, 5) is 49.5. The van der Waals surface area contributed by atoms with E-state index in [2.05, 4.69) is 5.43 Å². The lowest BCUT2D eigenvalue weighted by molar-refractivity contribution is -0.162. The zero-order chi connectivity index (χ0) is 19.2. The second-order valence-electron chi connectivity index (χ2n) is 6.19. The van der Waals surface area contributed by atoms with Crippen molar-refractivity contribution in [2.45, 2.75) is 71.6 Å². The maximum Gasteiger partial charge on any atom is 0.430 e. The van der Waals surface area contributed by atoms with Gasteiger partial charge in [0.1, 0.15) is 0 Å². The zero-order valence-electron chi connectivity index (χ0n) is 15.3. The summed E-state index contributed by atoms with van der Waals surface area (Å²) < 4.78 is 15.0. The molecular formula is C16H26N2O7. The molecule has 9 heteroatoms. The van der Waals surface area contributed by atoms with E-state index in [0.717, 1.165) is 0 Å². The number of carbonyl (C=O) groups excluding carboxylic acids is 4. The average Bonchev–Trinajstić information content (AvgIpc) is 2.86. The third kappa shape index (κ3) is 4.83. The third-order valence-corrected chi connectivity index (χ3v) is 3.46. The van der Waals surface area contributed by atoms with E-state index in [1.54, 1.807) is 34.6 Å². The number of nitrogens with one attached hydrogen (secondary N) is 1. The summed E-state index contributed by atoms with van der Waals surface area (Å²) in [7, 11) is 0. The lowest BCUT2D eigenvalue weighted by Gasteiger charge is -2.36. The lowest BCUT2D eigenvalue weighted by Crippen LogP contribution is -2.66. The van der Waals surface area contributed by atoms with Crippen LogP contribution in [0.2, 0.25) is 0 Å². The van der Waals surface area contributed by atoms with Gasteiger partial charge in [-0.3, -0.25) is 4.79 Å². The zero-order valence-corrected chi connectivity index (χ0v) is 15.3. The van der Waals surface area contributed by atoms with Gasteiger partial charge in [-0.05, 0) is 47.5 Å². The number of nitrogens with zero attached hydrogens (tertiary/aromatic N) is 1. The van der Waals surface area contributed by atoms with E-state index in [9.17, 15) is 19.2 Å². The predicted octanol–water partition coefficient (Wildman–Crippen LogP) is 1.94. The number of ether oxygens (including phenoxy) is 3. The van der Waals surface area contributed by atoms with Crippen LogP contribution in [0, 0.1) is 0 Å². The van der Waals surface area contributed by atoms with Crippen LogP contribution in [0.4, 0.5) is 9.59 Å². The van der Waals surface area contributed by atoms with Gasteiger partial charge in [0.15, 0.2) is 5.78 Å². The first-order valence-electron chi connectivity index (χ1n) is 8.33. The Morgan fingerprint density at radius 1 is 1.16 bits per heavy atom. The number of hydrogen-bond acceptors (Lipinski definition) is 7. The van der Waals surface area contributed by atoms with Gasteiger partial charge in [0.25, 0.3) is 0 Å². The predicted molar refractivity (Wildman–Crippen MR) is 86.4 cm³/mol. The molecule has 1 aliphatic carbocycles. The minimum Gasteiger partial charge on any atom is -0.464 e. The van der Waals surface area contributed by atoms with Gasteiger partial charge in [-0.1, -0.05) is 0 Å². The molecule has 2 amide bonds. The number of rotatable bonds is 5. The first-order valence-corrected chi connectivity index (χ1v) is 8.33. The molecule has 25 heavy (non-hydrogen) atoms. The second-order valence-corrected chi connectivity index (χ2v) is 6.19. The number of carbonyl (C=O) groups is 4. The molecule has 1 aliphatic rings. The Morgan fingerprint density at radius 3 is 2.20 bits per heavy atom. The molecule has 9 nitrogen and oxygen atoms in total. The van der Waals surface area contributed by atoms with Crippen molar-refractivity contribution in [1.29, 1.82) is 0 Å². The molecule has 0 radical (unpaired) electrons. The molecule has 0 aliphatic heterocycles. The molecule has 0 aromatic rings. The second kappa shape index (κ2) is 8.68. The summed E-state index contributed by atoms with van der Waals surface area (Å²) in [6.45, 7) is 8.07. The van der Waals surface area contributed by atoms with Crippen molar-refractivity contribution in [3.8, 4) is 0 Å². The summed E-state index contributed by atoms with van der Waals surface area (Å²) >= 11 is 0. The first-order chi connectivity index (χ1) is 11.6. The maximum atomic E-state index is 12.5. The van der Waals surface area contributed by atoms with Crippen molar-refractivity contribution >= 4 is 23.9 Å². The van der Waals surface area contributed by atoms with Gasteiger partial charge in [-0.2, -0.15) is 5.01 Å². The standard InChI is InChI=1S/C16H26N2O7/c1-6-23-13(20)16(9-7-8-12(16)19)18(15(22)25-11(4)5)17-14(21)24-10(2)3/h10-11H,6-9H2,1-5H3,(H,17,21). The van der Waals surface area contributed by atoms with Crippen molar-refractivity contribution in [3.63, 3.8) is 0 Å². The molecular weight excluding hydrogens is 332 g/mol. The molecule has 0 aromatic carbocycles. The monoisotopic (exact) mass is 358 g/mol. The molecule has 1 fully saturated rings. The number of esters is 1. The highest BCUT2D eigenvalue weighted by molar-refractivity contribution is 6.12. The van der Waals surface area contributed by atoms with Crippen LogP contribution in [0.25, 0.3) is 0 Å². The smallest absolute Gasteiger partial charge is 0.430 e. The number of hydrazine groups is 1. The van der Waals surface area contributed by atoms with E-state index in [4.69, 9.17) is 14.2 Å². The Hall–Kier alpha value is -2.32. The van der Waals surface area contributed by atoms with E-state index >= 15 is 0 Å². The fourth-order valence-electron chi connectivity index (χ4n) is 2.53. The summed E-state index contributed by atoms with van der Waals surface area (Å²) in [5.74, 6) is -1.42. The Kier molecular flexibility index (Phi) is 7.20. The van der Waals surface area contributed by atoms with Crippen LogP contribution in [0.1, 0.15) is 53.9 Å². The molecule has 1 N–H and O–H groups in total. The van der Waals surface area contributed by atoms with Crippen LogP contribution in [-0.2, 0) is 23.8 Å². The van der Waals surface area contributed by atoms with E-state index in [0.29, 0.717) is 11.4 Å².